The van der Waals surface area contributed by atoms with E-state index in [4.69, 9.17) is 0 Å². The Hall–Kier alpha value is -1.55. The second-order valence-electron chi connectivity index (χ2n) is 5.27. The fraction of sp³-hybridized carbons (Fsp3) is 0.312. The molecule has 1 heterocycles. The summed E-state index contributed by atoms with van der Waals surface area (Å²) in [5.41, 5.74) is 3.72. The molecule has 1 amide bonds. The Morgan fingerprint density at radius 1 is 1.25 bits per heavy atom. The van der Waals surface area contributed by atoms with Crippen molar-refractivity contribution >= 4 is 27.5 Å². The molecule has 4 heteroatoms. The third-order valence-electron chi connectivity index (χ3n) is 3.26. The monoisotopic (exact) mass is 334 g/mol. The maximum absolute atomic E-state index is 12.4. The summed E-state index contributed by atoms with van der Waals surface area (Å²) in [6.07, 6.45) is 1.93. The van der Waals surface area contributed by atoms with E-state index in [2.05, 4.69) is 35.1 Å². The molecule has 2 aromatic rings. The number of nitrogens with one attached hydrogen (secondary N) is 1. The van der Waals surface area contributed by atoms with Crippen molar-refractivity contribution < 1.29 is 4.79 Å². The van der Waals surface area contributed by atoms with Crippen LogP contribution in [0.15, 0.2) is 34.9 Å². The van der Waals surface area contributed by atoms with Crippen LogP contribution < -0.4 is 5.32 Å². The highest BCUT2D eigenvalue weighted by atomic mass is 79.9. The number of rotatable bonds is 3. The van der Waals surface area contributed by atoms with Crippen LogP contribution in [0.2, 0.25) is 0 Å². The number of amides is 1. The maximum atomic E-state index is 12.4. The molecule has 0 unspecified atom stereocenters. The van der Waals surface area contributed by atoms with E-state index in [1.807, 2.05) is 48.9 Å². The zero-order valence-corrected chi connectivity index (χ0v) is 13.8. The Balaban J connectivity index is 2.26. The second-order valence-corrected chi connectivity index (χ2v) is 6.07. The molecule has 0 aliphatic rings. The van der Waals surface area contributed by atoms with Gasteiger partial charge in [0, 0.05) is 22.4 Å². The third kappa shape index (κ3) is 2.96. The summed E-state index contributed by atoms with van der Waals surface area (Å²) in [4.78, 5) is 12.4. The van der Waals surface area contributed by atoms with Crippen molar-refractivity contribution in [2.24, 2.45) is 0 Å². The lowest BCUT2D eigenvalue weighted by atomic mass is 10.1. The lowest BCUT2D eigenvalue weighted by Gasteiger charge is -2.14. The van der Waals surface area contributed by atoms with Crippen LogP contribution in [-0.2, 0) is 0 Å². The molecule has 0 radical (unpaired) electrons. The smallest absolute Gasteiger partial charge is 0.272 e. The number of hydrogen-bond donors (Lipinski definition) is 1. The zero-order chi connectivity index (χ0) is 14.9. The van der Waals surface area contributed by atoms with Crippen molar-refractivity contribution in [2.75, 3.05) is 5.32 Å². The van der Waals surface area contributed by atoms with Crippen LogP contribution in [0.3, 0.4) is 0 Å². The van der Waals surface area contributed by atoms with Crippen molar-refractivity contribution in [2.45, 2.75) is 33.7 Å². The van der Waals surface area contributed by atoms with Crippen molar-refractivity contribution in [3.05, 3.63) is 51.8 Å². The summed E-state index contributed by atoms with van der Waals surface area (Å²) < 4.78 is 3.05. The molecule has 1 aromatic heterocycles. The lowest BCUT2D eigenvalue weighted by Crippen LogP contribution is -2.18. The Labute approximate surface area is 128 Å². The zero-order valence-electron chi connectivity index (χ0n) is 12.2. The highest BCUT2D eigenvalue weighted by molar-refractivity contribution is 9.10. The standard InChI is InChI=1S/C16H19BrN2O/c1-10(2)19-7-5-6-14(19)16(20)18-13-8-11(3)15(17)12(4)9-13/h5-10H,1-4H3,(H,18,20). The third-order valence-corrected chi connectivity index (χ3v) is 4.51. The average molecular weight is 335 g/mol. The van der Waals surface area contributed by atoms with Gasteiger partial charge in [-0.25, -0.2) is 0 Å². The fourth-order valence-electron chi connectivity index (χ4n) is 2.25. The highest BCUT2D eigenvalue weighted by Gasteiger charge is 2.13. The normalized spacial score (nSPS) is 10.9. The van der Waals surface area contributed by atoms with Gasteiger partial charge in [0.1, 0.15) is 5.69 Å². The minimum atomic E-state index is -0.0789. The molecule has 20 heavy (non-hydrogen) atoms. The van der Waals surface area contributed by atoms with Crippen LogP contribution in [0.5, 0.6) is 0 Å². The molecule has 0 aliphatic carbocycles. The van der Waals surface area contributed by atoms with Crippen molar-refractivity contribution in [1.82, 2.24) is 4.57 Å². The first-order chi connectivity index (χ1) is 9.40. The largest absolute Gasteiger partial charge is 0.341 e. The first kappa shape index (κ1) is 14.9. The van der Waals surface area contributed by atoms with Gasteiger partial charge in [-0.05, 0) is 63.1 Å². The van der Waals surface area contributed by atoms with E-state index in [-0.39, 0.29) is 11.9 Å². The summed E-state index contributed by atoms with van der Waals surface area (Å²) >= 11 is 3.53. The van der Waals surface area contributed by atoms with E-state index >= 15 is 0 Å². The minimum absolute atomic E-state index is 0.0789. The van der Waals surface area contributed by atoms with E-state index in [0.29, 0.717) is 5.69 Å². The van der Waals surface area contributed by atoms with Gasteiger partial charge < -0.3 is 9.88 Å². The maximum Gasteiger partial charge on any atom is 0.272 e. The Morgan fingerprint density at radius 2 is 1.85 bits per heavy atom. The van der Waals surface area contributed by atoms with Gasteiger partial charge in [0.05, 0.1) is 0 Å². The Morgan fingerprint density at radius 3 is 2.40 bits per heavy atom. The number of carbonyl (C=O) groups is 1. The average Bonchev–Trinajstić information content (AvgIpc) is 2.85. The molecule has 0 saturated carbocycles. The molecule has 0 spiro atoms. The number of halogens is 1. The number of benzene rings is 1. The van der Waals surface area contributed by atoms with Gasteiger partial charge in [-0.1, -0.05) is 15.9 Å². The molecule has 1 aromatic carbocycles. The van der Waals surface area contributed by atoms with Crippen LogP contribution in [0.1, 0.15) is 41.5 Å². The van der Waals surface area contributed by atoms with Gasteiger partial charge in [-0.2, -0.15) is 0 Å². The molecule has 0 saturated heterocycles. The molecular formula is C16H19BrN2O. The first-order valence-corrected chi connectivity index (χ1v) is 7.44. The Bertz CT molecular complexity index is 621. The van der Waals surface area contributed by atoms with Crippen molar-refractivity contribution in [1.29, 1.82) is 0 Å². The van der Waals surface area contributed by atoms with E-state index < -0.39 is 0 Å². The molecule has 0 aliphatic heterocycles. The summed E-state index contributed by atoms with van der Waals surface area (Å²) in [6, 6.07) is 7.94. The van der Waals surface area contributed by atoms with E-state index in [0.717, 1.165) is 21.3 Å². The number of carbonyl (C=O) groups excluding carboxylic acids is 1. The van der Waals surface area contributed by atoms with E-state index in [1.165, 1.54) is 0 Å². The highest BCUT2D eigenvalue weighted by Crippen LogP contribution is 2.25. The van der Waals surface area contributed by atoms with Gasteiger partial charge in [-0.15, -0.1) is 0 Å². The van der Waals surface area contributed by atoms with Gasteiger partial charge in [0.25, 0.3) is 5.91 Å². The molecule has 3 nitrogen and oxygen atoms in total. The molecule has 0 atom stereocenters. The van der Waals surface area contributed by atoms with Crippen molar-refractivity contribution in [3.63, 3.8) is 0 Å². The molecule has 0 fully saturated rings. The van der Waals surface area contributed by atoms with Crippen LogP contribution >= 0.6 is 15.9 Å². The van der Waals surface area contributed by atoms with Crippen LogP contribution in [0, 0.1) is 13.8 Å². The summed E-state index contributed by atoms with van der Waals surface area (Å²) in [5.74, 6) is -0.0789. The van der Waals surface area contributed by atoms with E-state index in [9.17, 15) is 4.79 Å². The Kier molecular flexibility index (Phi) is 4.33. The van der Waals surface area contributed by atoms with Crippen LogP contribution in [-0.4, -0.2) is 10.5 Å². The lowest BCUT2D eigenvalue weighted by molar-refractivity contribution is 0.101. The number of aromatic nitrogens is 1. The van der Waals surface area contributed by atoms with Crippen molar-refractivity contribution in [3.8, 4) is 0 Å². The van der Waals surface area contributed by atoms with Crippen LogP contribution in [0.4, 0.5) is 5.69 Å². The molecular weight excluding hydrogens is 316 g/mol. The fourth-order valence-corrected chi connectivity index (χ4v) is 2.48. The van der Waals surface area contributed by atoms with E-state index in [1.54, 1.807) is 0 Å². The topological polar surface area (TPSA) is 34.0 Å². The van der Waals surface area contributed by atoms with Gasteiger partial charge in [-0.3, -0.25) is 4.79 Å². The number of anilines is 1. The number of nitrogens with zero attached hydrogens (tertiary/aromatic N) is 1. The number of aryl methyl sites for hydroxylation is 2. The summed E-state index contributed by atoms with van der Waals surface area (Å²) in [5, 5.41) is 2.97. The second kappa shape index (κ2) is 5.83. The number of hydrogen-bond acceptors (Lipinski definition) is 1. The summed E-state index contributed by atoms with van der Waals surface area (Å²) in [7, 11) is 0. The molecule has 2 rings (SSSR count). The predicted molar refractivity (Wildman–Crippen MR) is 86.4 cm³/mol. The SMILES string of the molecule is Cc1cc(NC(=O)c2cccn2C(C)C)cc(C)c1Br. The van der Waals surface area contributed by atoms with Gasteiger partial charge >= 0.3 is 0 Å². The van der Waals surface area contributed by atoms with Crippen LogP contribution in [0.25, 0.3) is 0 Å². The first-order valence-electron chi connectivity index (χ1n) is 6.65. The quantitative estimate of drug-likeness (QED) is 0.867. The molecule has 1 N–H and O–H groups in total. The van der Waals surface area contributed by atoms with Gasteiger partial charge in [0.15, 0.2) is 0 Å². The summed E-state index contributed by atoms with van der Waals surface area (Å²) in [6.45, 7) is 8.16. The van der Waals surface area contributed by atoms with Gasteiger partial charge in [0.2, 0.25) is 0 Å². The minimum Gasteiger partial charge on any atom is -0.341 e. The predicted octanol–water partition coefficient (Wildman–Crippen LogP) is 4.70. The molecule has 106 valence electrons. The molecule has 0 bridgehead atoms.